The van der Waals surface area contributed by atoms with Gasteiger partial charge in [0.05, 0.1) is 5.92 Å². The molecule has 0 fully saturated rings. The van der Waals surface area contributed by atoms with Crippen molar-refractivity contribution in [2.75, 3.05) is 0 Å². The SMILES string of the molecule is CC(C)Cc1c[c-]c(C(C)C(=O)O)cc1.[K+]. The molecule has 0 aliphatic carbocycles. The minimum atomic E-state index is -0.803. The maximum Gasteiger partial charge on any atom is 1.00 e. The van der Waals surface area contributed by atoms with Gasteiger partial charge in [0, 0.05) is 0 Å². The molecule has 2 nitrogen and oxygen atoms in total. The van der Waals surface area contributed by atoms with Crippen molar-refractivity contribution in [1.29, 1.82) is 0 Å². The fourth-order valence-electron chi connectivity index (χ4n) is 1.47. The second-order valence-corrected chi connectivity index (χ2v) is 4.31. The van der Waals surface area contributed by atoms with Crippen molar-refractivity contribution >= 4 is 5.97 Å². The Hall–Kier alpha value is 0.326. The molecule has 1 aromatic carbocycles. The minimum absolute atomic E-state index is 0. The maximum atomic E-state index is 10.7. The second kappa shape index (κ2) is 7.61. The van der Waals surface area contributed by atoms with Crippen LogP contribution in [0.3, 0.4) is 0 Å². The summed E-state index contributed by atoms with van der Waals surface area (Å²) in [6.07, 6.45) is 1.01. The van der Waals surface area contributed by atoms with Gasteiger partial charge >= 0.3 is 57.4 Å². The molecule has 3 heteroatoms. The molecule has 82 valence electrons. The average molecular weight is 244 g/mol. The summed E-state index contributed by atoms with van der Waals surface area (Å²) in [6.45, 7) is 6.00. The zero-order valence-electron chi connectivity index (χ0n) is 10.4. The van der Waals surface area contributed by atoms with E-state index in [-0.39, 0.29) is 51.4 Å². The first-order valence-electron chi connectivity index (χ1n) is 5.24. The van der Waals surface area contributed by atoms with Gasteiger partial charge in [0.15, 0.2) is 0 Å². The third kappa shape index (κ3) is 5.10. The molecule has 1 unspecified atom stereocenters. The van der Waals surface area contributed by atoms with E-state index in [9.17, 15) is 4.79 Å². The average Bonchev–Trinajstić information content (AvgIpc) is 2.17. The third-order valence-electron chi connectivity index (χ3n) is 2.38. The Labute approximate surface area is 140 Å². The number of carbonyl (C=O) groups is 1. The van der Waals surface area contributed by atoms with Gasteiger partial charge in [-0.3, -0.25) is 4.79 Å². The summed E-state index contributed by atoms with van der Waals surface area (Å²) in [5.74, 6) is -0.665. The predicted molar refractivity (Wildman–Crippen MR) is 59.9 cm³/mol. The van der Waals surface area contributed by atoms with Crippen molar-refractivity contribution in [3.63, 3.8) is 0 Å². The number of carboxylic acid groups (broad SMARTS) is 1. The first kappa shape index (κ1) is 16.3. The largest absolute Gasteiger partial charge is 1.00 e. The molecule has 0 saturated heterocycles. The smallest absolute Gasteiger partial charge is 0.481 e. The number of benzene rings is 1. The number of aliphatic carboxylic acids is 1. The summed E-state index contributed by atoms with van der Waals surface area (Å²) in [5, 5.41) is 8.83. The molecule has 0 bridgehead atoms. The van der Waals surface area contributed by atoms with Crippen LogP contribution >= 0.6 is 0 Å². The van der Waals surface area contributed by atoms with Gasteiger partial charge in [0.1, 0.15) is 0 Å². The number of rotatable bonds is 4. The molecule has 1 rings (SSSR count). The van der Waals surface area contributed by atoms with E-state index in [1.54, 1.807) is 6.92 Å². The Balaban J connectivity index is 0.00000225. The van der Waals surface area contributed by atoms with Crippen molar-refractivity contribution in [2.24, 2.45) is 5.92 Å². The molecule has 16 heavy (non-hydrogen) atoms. The van der Waals surface area contributed by atoms with E-state index in [0.29, 0.717) is 5.92 Å². The summed E-state index contributed by atoms with van der Waals surface area (Å²) >= 11 is 0. The Morgan fingerprint density at radius 1 is 1.38 bits per heavy atom. The normalized spacial score (nSPS) is 12.0. The maximum absolute atomic E-state index is 10.7. The van der Waals surface area contributed by atoms with Gasteiger partial charge in [-0.25, -0.2) is 0 Å². The molecule has 0 saturated carbocycles. The second-order valence-electron chi connectivity index (χ2n) is 4.31. The predicted octanol–water partition coefficient (Wildman–Crippen LogP) is -0.123. The molecule has 0 heterocycles. The molecule has 1 N–H and O–H groups in total. The van der Waals surface area contributed by atoms with E-state index in [2.05, 4.69) is 19.9 Å². The van der Waals surface area contributed by atoms with Crippen LogP contribution in [-0.2, 0) is 11.2 Å². The first-order valence-corrected chi connectivity index (χ1v) is 5.24. The van der Waals surface area contributed by atoms with Crippen LogP contribution in [0.5, 0.6) is 0 Å². The van der Waals surface area contributed by atoms with Crippen LogP contribution in [0.15, 0.2) is 18.2 Å². The van der Waals surface area contributed by atoms with Crippen LogP contribution in [-0.4, -0.2) is 11.1 Å². The molecular formula is C13H17KO2. The van der Waals surface area contributed by atoms with Crippen LogP contribution in [0.4, 0.5) is 0 Å². The van der Waals surface area contributed by atoms with Gasteiger partial charge in [-0.15, -0.1) is 5.56 Å². The monoisotopic (exact) mass is 244 g/mol. The standard InChI is InChI=1S/C13H17O2.K/c1-9(2)8-11-4-6-12(7-5-11)10(3)13(14)15;/h4-6,9-10H,8H2,1-3H3,(H,14,15);/q-1;+1. The van der Waals surface area contributed by atoms with Crippen LogP contribution in [0.25, 0.3) is 0 Å². The fraction of sp³-hybridized carbons (Fsp3) is 0.462. The zero-order chi connectivity index (χ0) is 11.4. The van der Waals surface area contributed by atoms with Gasteiger partial charge in [0.2, 0.25) is 0 Å². The van der Waals surface area contributed by atoms with Crippen molar-refractivity contribution in [3.8, 4) is 0 Å². The third-order valence-corrected chi connectivity index (χ3v) is 2.38. The van der Waals surface area contributed by atoms with Crippen LogP contribution < -0.4 is 51.4 Å². The van der Waals surface area contributed by atoms with Crippen molar-refractivity contribution < 1.29 is 61.3 Å². The number of carboxylic acids is 1. The van der Waals surface area contributed by atoms with Gasteiger partial charge in [-0.05, 0) is 6.92 Å². The Kier molecular flexibility index (Phi) is 7.77. The van der Waals surface area contributed by atoms with E-state index >= 15 is 0 Å². The summed E-state index contributed by atoms with van der Waals surface area (Å²) in [7, 11) is 0. The fourth-order valence-corrected chi connectivity index (χ4v) is 1.47. The molecular weight excluding hydrogens is 227 g/mol. The van der Waals surface area contributed by atoms with E-state index < -0.39 is 11.9 Å². The van der Waals surface area contributed by atoms with Crippen molar-refractivity contribution in [2.45, 2.75) is 33.1 Å². The van der Waals surface area contributed by atoms with Crippen molar-refractivity contribution in [3.05, 3.63) is 35.4 Å². The Bertz CT molecular complexity index is 330. The molecule has 0 aliphatic heterocycles. The van der Waals surface area contributed by atoms with Gasteiger partial charge in [0.25, 0.3) is 0 Å². The van der Waals surface area contributed by atoms with Crippen LogP contribution in [0, 0.1) is 12.0 Å². The summed E-state index contributed by atoms with van der Waals surface area (Å²) in [5.41, 5.74) is 1.96. The molecule has 0 aromatic heterocycles. The summed E-state index contributed by atoms with van der Waals surface area (Å²) in [4.78, 5) is 10.7. The van der Waals surface area contributed by atoms with E-state index in [0.717, 1.165) is 12.0 Å². The minimum Gasteiger partial charge on any atom is -0.481 e. The molecule has 1 atom stereocenters. The van der Waals surface area contributed by atoms with Gasteiger partial charge in [-0.2, -0.15) is 29.8 Å². The molecule has 0 radical (unpaired) electrons. The quantitative estimate of drug-likeness (QED) is 0.592. The number of hydrogen-bond donors (Lipinski definition) is 1. The van der Waals surface area contributed by atoms with E-state index in [1.807, 2.05) is 18.2 Å². The number of hydrogen-bond acceptors (Lipinski definition) is 1. The van der Waals surface area contributed by atoms with Gasteiger partial charge in [-0.1, -0.05) is 26.2 Å². The van der Waals surface area contributed by atoms with Gasteiger partial charge < -0.3 is 5.11 Å². The van der Waals surface area contributed by atoms with E-state index in [1.165, 1.54) is 5.56 Å². The zero-order valence-corrected chi connectivity index (χ0v) is 13.6. The van der Waals surface area contributed by atoms with Crippen molar-refractivity contribution in [1.82, 2.24) is 0 Å². The molecule has 0 spiro atoms. The molecule has 0 amide bonds. The topological polar surface area (TPSA) is 37.3 Å². The van der Waals surface area contributed by atoms with Crippen LogP contribution in [0.2, 0.25) is 0 Å². The van der Waals surface area contributed by atoms with E-state index in [4.69, 9.17) is 5.11 Å². The molecule has 1 aromatic rings. The Morgan fingerprint density at radius 3 is 2.38 bits per heavy atom. The molecule has 0 aliphatic rings. The first-order chi connectivity index (χ1) is 7.00. The van der Waals surface area contributed by atoms with Crippen LogP contribution in [0.1, 0.15) is 37.8 Å². The summed E-state index contributed by atoms with van der Waals surface area (Å²) in [6, 6.07) is 8.79. The summed E-state index contributed by atoms with van der Waals surface area (Å²) < 4.78 is 0. The Morgan fingerprint density at radius 2 is 2.00 bits per heavy atom.